The summed E-state index contributed by atoms with van der Waals surface area (Å²) < 4.78 is 17.0. The highest BCUT2D eigenvalue weighted by Gasteiger charge is 2.41. The molecule has 0 amide bonds. The Bertz CT molecular complexity index is 1230. The van der Waals surface area contributed by atoms with Crippen molar-refractivity contribution in [2.75, 3.05) is 0 Å². The molecule has 134 valence electrons. The Morgan fingerprint density at radius 2 is 1.18 bits per heavy atom. The van der Waals surface area contributed by atoms with Gasteiger partial charge in [-0.2, -0.15) is 0 Å². The van der Waals surface area contributed by atoms with Crippen LogP contribution < -0.4 is 15.6 Å². The summed E-state index contributed by atoms with van der Waals surface area (Å²) >= 11 is 0. The molecule has 0 unspecified atom stereocenters. The molecular formula is C25H18FNSi. The summed E-state index contributed by atoms with van der Waals surface area (Å²) in [6.45, 7) is 0. The molecule has 0 fully saturated rings. The molecule has 0 spiro atoms. The largest absolute Gasteiger partial charge is 0.339 e. The maximum Gasteiger partial charge on any atom is 0.339 e. The fourth-order valence-electron chi connectivity index (χ4n) is 3.91. The molecule has 0 saturated carbocycles. The summed E-state index contributed by atoms with van der Waals surface area (Å²) in [5, 5.41) is 5.40. The Hall–Kier alpha value is -3.30. The summed E-state index contributed by atoms with van der Waals surface area (Å²) in [7, 11) is -3.61. The van der Waals surface area contributed by atoms with Crippen LogP contribution in [-0.4, -0.2) is 13.4 Å². The number of hydrogen-bond acceptors (Lipinski definition) is 1. The lowest BCUT2D eigenvalue weighted by Crippen LogP contribution is -2.63. The number of benzene rings is 4. The molecule has 0 atom stereocenters. The van der Waals surface area contributed by atoms with Crippen LogP contribution in [0.4, 0.5) is 4.11 Å². The number of rotatable bonds is 3. The Balaban J connectivity index is 1.82. The van der Waals surface area contributed by atoms with E-state index in [9.17, 15) is 0 Å². The molecule has 0 bridgehead atoms. The van der Waals surface area contributed by atoms with Crippen LogP contribution in [0.3, 0.4) is 0 Å². The SMILES string of the molecule is F[Si](c1ccccc1)(c1ccccc1)c1ccc2ccc3cccnc3c2c1. The third-order valence-electron chi connectivity index (χ3n) is 5.33. The van der Waals surface area contributed by atoms with Crippen LogP contribution in [0.1, 0.15) is 0 Å². The van der Waals surface area contributed by atoms with Gasteiger partial charge in [-0.15, -0.1) is 0 Å². The van der Waals surface area contributed by atoms with Gasteiger partial charge in [-0.25, -0.2) is 0 Å². The maximum atomic E-state index is 17.0. The molecule has 4 aromatic carbocycles. The normalized spacial score (nSPS) is 11.8. The fraction of sp³-hybridized carbons (Fsp3) is 0. The van der Waals surface area contributed by atoms with Crippen molar-refractivity contribution in [1.82, 2.24) is 4.98 Å². The molecule has 0 aliphatic heterocycles. The molecule has 0 N–H and O–H groups in total. The van der Waals surface area contributed by atoms with E-state index in [4.69, 9.17) is 0 Å². The van der Waals surface area contributed by atoms with Crippen molar-refractivity contribution in [3.05, 3.63) is 109 Å². The van der Waals surface area contributed by atoms with Gasteiger partial charge >= 0.3 is 8.41 Å². The zero-order valence-electron chi connectivity index (χ0n) is 15.2. The van der Waals surface area contributed by atoms with Crippen LogP contribution in [0.2, 0.25) is 0 Å². The molecule has 0 aliphatic carbocycles. The van der Waals surface area contributed by atoms with Gasteiger partial charge in [0.1, 0.15) is 0 Å². The standard InChI is InChI=1S/C25H18FNSi/c26-28(21-9-3-1-4-10-21,22-11-5-2-6-12-22)23-16-15-19-13-14-20-8-7-17-27-25(20)24(19)18-23/h1-18H. The zero-order chi connectivity index (χ0) is 19.0. The quantitative estimate of drug-likeness (QED) is 0.197. The molecular weight excluding hydrogens is 361 g/mol. The fourth-order valence-corrected chi connectivity index (χ4v) is 6.87. The third kappa shape index (κ3) is 2.63. The summed E-state index contributed by atoms with van der Waals surface area (Å²) in [4.78, 5) is 4.57. The predicted octanol–water partition coefficient (Wildman–Crippen LogP) is 4.32. The van der Waals surface area contributed by atoms with Gasteiger partial charge in [-0.3, -0.25) is 9.09 Å². The highest BCUT2D eigenvalue weighted by atomic mass is 28.4. The van der Waals surface area contributed by atoms with E-state index in [2.05, 4.69) is 17.1 Å². The molecule has 5 rings (SSSR count). The average molecular weight is 380 g/mol. The summed E-state index contributed by atoms with van der Waals surface area (Å²) in [6.07, 6.45) is 1.79. The van der Waals surface area contributed by atoms with Crippen LogP contribution in [0.5, 0.6) is 0 Å². The minimum Gasteiger partial charge on any atom is -0.296 e. The van der Waals surface area contributed by atoms with Gasteiger partial charge in [0.15, 0.2) is 0 Å². The Morgan fingerprint density at radius 1 is 0.571 bits per heavy atom. The molecule has 5 aromatic rings. The number of aromatic nitrogens is 1. The van der Waals surface area contributed by atoms with Crippen molar-refractivity contribution in [2.45, 2.75) is 0 Å². The zero-order valence-corrected chi connectivity index (χ0v) is 16.2. The maximum absolute atomic E-state index is 17.0. The molecule has 28 heavy (non-hydrogen) atoms. The average Bonchev–Trinajstić information content (AvgIpc) is 2.79. The van der Waals surface area contributed by atoms with E-state index in [1.807, 2.05) is 91.0 Å². The first-order chi connectivity index (χ1) is 13.8. The second-order valence-corrected chi connectivity index (χ2v) is 10.0. The van der Waals surface area contributed by atoms with Crippen LogP contribution in [0, 0.1) is 0 Å². The second-order valence-electron chi connectivity index (χ2n) is 6.97. The first kappa shape index (κ1) is 16.8. The Labute approximate surface area is 164 Å². The van der Waals surface area contributed by atoms with Crippen molar-refractivity contribution in [2.24, 2.45) is 0 Å². The minimum absolute atomic E-state index is 0.746. The van der Waals surface area contributed by atoms with Gasteiger partial charge in [0, 0.05) is 17.0 Å². The number of nitrogens with zero attached hydrogens (tertiary/aromatic N) is 1. The second kappa shape index (κ2) is 6.70. The molecule has 1 heterocycles. The van der Waals surface area contributed by atoms with Crippen LogP contribution in [0.25, 0.3) is 21.7 Å². The molecule has 1 nitrogen and oxygen atoms in total. The molecule has 0 radical (unpaired) electrons. The van der Waals surface area contributed by atoms with E-state index in [1.165, 1.54) is 0 Å². The molecule has 0 aliphatic rings. The number of pyridine rings is 1. The first-order valence-electron chi connectivity index (χ1n) is 9.35. The monoisotopic (exact) mass is 379 g/mol. The first-order valence-corrected chi connectivity index (χ1v) is 11.2. The van der Waals surface area contributed by atoms with E-state index in [-0.39, 0.29) is 0 Å². The van der Waals surface area contributed by atoms with Crippen molar-refractivity contribution >= 4 is 45.6 Å². The lowest BCUT2D eigenvalue weighted by atomic mass is 10.1. The Kier molecular flexibility index (Phi) is 4.03. The van der Waals surface area contributed by atoms with E-state index < -0.39 is 8.41 Å². The van der Waals surface area contributed by atoms with E-state index >= 15 is 4.11 Å². The van der Waals surface area contributed by atoms with Gasteiger partial charge in [-0.05, 0) is 33.1 Å². The van der Waals surface area contributed by atoms with Crippen molar-refractivity contribution in [1.29, 1.82) is 0 Å². The topological polar surface area (TPSA) is 12.9 Å². The summed E-state index contributed by atoms with van der Waals surface area (Å²) in [5.41, 5.74) is 0.916. The lowest BCUT2D eigenvalue weighted by Gasteiger charge is -2.24. The molecule has 0 saturated heterocycles. The van der Waals surface area contributed by atoms with Gasteiger partial charge < -0.3 is 0 Å². The number of halogens is 1. The predicted molar refractivity (Wildman–Crippen MR) is 118 cm³/mol. The van der Waals surface area contributed by atoms with E-state index in [1.54, 1.807) is 6.20 Å². The van der Waals surface area contributed by atoms with Gasteiger partial charge in [-0.1, -0.05) is 91.0 Å². The highest BCUT2D eigenvalue weighted by molar-refractivity contribution is 7.06. The van der Waals surface area contributed by atoms with Crippen molar-refractivity contribution in [3.8, 4) is 0 Å². The Morgan fingerprint density at radius 3 is 1.86 bits per heavy atom. The lowest BCUT2D eigenvalue weighted by molar-refractivity contribution is 0.842. The summed E-state index contributed by atoms with van der Waals surface area (Å²) in [5.74, 6) is 0. The van der Waals surface area contributed by atoms with Crippen LogP contribution in [0.15, 0.2) is 109 Å². The van der Waals surface area contributed by atoms with Crippen molar-refractivity contribution < 1.29 is 4.11 Å². The molecule has 1 aromatic heterocycles. The number of fused-ring (bicyclic) bond motifs is 3. The van der Waals surface area contributed by atoms with Crippen LogP contribution >= 0.6 is 0 Å². The van der Waals surface area contributed by atoms with Gasteiger partial charge in [0.05, 0.1) is 5.52 Å². The van der Waals surface area contributed by atoms with Gasteiger partial charge in [0.25, 0.3) is 0 Å². The minimum atomic E-state index is -3.61. The van der Waals surface area contributed by atoms with Gasteiger partial charge in [0.2, 0.25) is 0 Å². The van der Waals surface area contributed by atoms with Crippen molar-refractivity contribution in [3.63, 3.8) is 0 Å². The highest BCUT2D eigenvalue weighted by Crippen LogP contribution is 2.23. The van der Waals surface area contributed by atoms with E-state index in [0.717, 1.165) is 37.2 Å². The van der Waals surface area contributed by atoms with E-state index in [0.29, 0.717) is 0 Å². The summed E-state index contributed by atoms with van der Waals surface area (Å²) in [6, 6.07) is 33.3. The number of hydrogen-bond donors (Lipinski definition) is 0. The smallest absolute Gasteiger partial charge is 0.296 e. The third-order valence-corrected chi connectivity index (χ3v) is 8.70. The molecule has 3 heteroatoms. The van der Waals surface area contributed by atoms with Crippen LogP contribution in [-0.2, 0) is 0 Å².